The molecule has 0 aliphatic carbocycles. The molecule has 2 atom stereocenters. The van der Waals surface area contributed by atoms with Crippen molar-refractivity contribution in [2.45, 2.75) is 24.5 Å². The molecule has 0 saturated heterocycles. The van der Waals surface area contributed by atoms with E-state index in [4.69, 9.17) is 4.65 Å². The number of nitrogens with zero attached hydrogens (tertiary/aromatic N) is 1. The predicted octanol–water partition coefficient (Wildman–Crippen LogP) is -2.64. The summed E-state index contributed by atoms with van der Waals surface area (Å²) in [5.41, 5.74) is 0.386. The molecule has 0 amide bonds. The van der Waals surface area contributed by atoms with Crippen LogP contribution in [0.2, 0.25) is 0 Å². The summed E-state index contributed by atoms with van der Waals surface area (Å²) in [7, 11) is -8.11. The van der Waals surface area contributed by atoms with Gasteiger partial charge in [0.05, 0.1) is 0 Å². The number of nitrogens with one attached hydrogen (secondary N) is 1. The molecular formula is C11H24BN2O8P2+. The summed E-state index contributed by atoms with van der Waals surface area (Å²) in [6, 6.07) is 3.13. The van der Waals surface area contributed by atoms with Crippen molar-refractivity contribution in [1.29, 1.82) is 0 Å². The number of hydrogen-bond acceptors (Lipinski definition) is 7. The Hall–Kier alpha value is -0.445. The van der Waals surface area contributed by atoms with Crippen LogP contribution in [0.5, 0.6) is 0 Å². The van der Waals surface area contributed by atoms with Gasteiger partial charge in [-0.2, -0.15) is 0 Å². The number of aliphatic hydroxyl groups is 1. The number of aliphatic hydroxyl groups excluding tert-OH is 1. The summed E-state index contributed by atoms with van der Waals surface area (Å²) < 4.78 is 17.8. The molecule has 0 aliphatic rings. The molecule has 0 aromatic carbocycles. The molecule has 0 bridgehead atoms. The topological polar surface area (TPSA) is 164 Å². The first kappa shape index (κ1) is 21.6. The van der Waals surface area contributed by atoms with Crippen LogP contribution in [-0.2, 0) is 22.2 Å². The van der Waals surface area contributed by atoms with Gasteiger partial charge in [-0.15, -0.1) is 0 Å². The summed E-state index contributed by atoms with van der Waals surface area (Å²) in [5, 5.41) is 10.8. The van der Waals surface area contributed by atoms with Gasteiger partial charge < -0.3 is 0 Å². The molecular weight excluding hydrogens is 361 g/mol. The molecule has 0 spiro atoms. The Morgan fingerprint density at radius 1 is 1.42 bits per heavy atom. The van der Waals surface area contributed by atoms with Crippen molar-refractivity contribution in [3.8, 4) is 0 Å². The zero-order valence-corrected chi connectivity index (χ0v) is 15.1. The fourth-order valence-corrected chi connectivity index (χ4v) is 4.91. The minimum atomic E-state index is -5.02. The Balaban J connectivity index is 2.79. The summed E-state index contributed by atoms with van der Waals surface area (Å²) in [5.74, 6) is 0. The molecule has 0 saturated carbocycles. The van der Waals surface area contributed by atoms with E-state index in [9.17, 15) is 34.1 Å². The van der Waals surface area contributed by atoms with Gasteiger partial charge in [-0.05, 0) is 0 Å². The van der Waals surface area contributed by atoms with E-state index in [1.165, 1.54) is 19.4 Å². The van der Waals surface area contributed by atoms with E-state index in [1.54, 1.807) is 16.8 Å². The fraction of sp³-hybridized carbons (Fsp3) is 0.545. The molecule has 1 rings (SSSR count). The molecule has 1 aromatic rings. The van der Waals surface area contributed by atoms with Gasteiger partial charge in [0.15, 0.2) is 0 Å². The Labute approximate surface area is 140 Å². The SMILES string of the molecule is COBNCC(O)C[n+]1cccc(CC(P(=O)(O)O)[PH](O)(O)O)c1. The minimum absolute atomic E-state index is 0.213. The van der Waals surface area contributed by atoms with Crippen LogP contribution in [0, 0.1) is 0 Å². The quantitative estimate of drug-likeness (QED) is 0.0987. The van der Waals surface area contributed by atoms with E-state index in [0.717, 1.165) is 0 Å². The van der Waals surface area contributed by atoms with E-state index >= 15 is 0 Å². The molecule has 24 heavy (non-hydrogen) atoms. The molecule has 138 valence electrons. The second-order valence-corrected chi connectivity index (χ2v) is 9.81. The second kappa shape index (κ2) is 9.31. The molecule has 13 heteroatoms. The van der Waals surface area contributed by atoms with E-state index in [1.807, 2.05) is 0 Å². The number of hydrogen-bond donors (Lipinski definition) is 7. The van der Waals surface area contributed by atoms with E-state index < -0.39 is 33.5 Å². The fourth-order valence-electron chi connectivity index (χ4n) is 2.15. The van der Waals surface area contributed by atoms with Crippen molar-refractivity contribution in [1.82, 2.24) is 5.23 Å². The zero-order chi connectivity index (χ0) is 18.4. The third kappa shape index (κ3) is 7.63. The maximum atomic E-state index is 11.4. The van der Waals surface area contributed by atoms with Crippen LogP contribution in [0.15, 0.2) is 24.5 Å². The molecule has 0 radical (unpaired) electrons. The molecule has 10 nitrogen and oxygen atoms in total. The summed E-state index contributed by atoms with van der Waals surface area (Å²) >= 11 is 0. The Morgan fingerprint density at radius 2 is 2.08 bits per heavy atom. The Morgan fingerprint density at radius 3 is 2.62 bits per heavy atom. The third-order valence-corrected chi connectivity index (χ3v) is 7.39. The van der Waals surface area contributed by atoms with Crippen LogP contribution < -0.4 is 9.79 Å². The van der Waals surface area contributed by atoms with Crippen LogP contribution in [0.3, 0.4) is 0 Å². The van der Waals surface area contributed by atoms with Crippen molar-refractivity contribution in [3.63, 3.8) is 0 Å². The Bertz CT molecular complexity index is 567. The molecule has 7 N–H and O–H groups in total. The number of aromatic nitrogens is 1. The predicted molar refractivity (Wildman–Crippen MR) is 89.3 cm³/mol. The van der Waals surface area contributed by atoms with Gasteiger partial charge in [-0.25, -0.2) is 0 Å². The average molecular weight is 385 g/mol. The van der Waals surface area contributed by atoms with Gasteiger partial charge in [0, 0.05) is 0 Å². The van der Waals surface area contributed by atoms with Crippen LogP contribution >= 0.6 is 15.5 Å². The van der Waals surface area contributed by atoms with Crippen molar-refractivity contribution >= 4 is 23.2 Å². The van der Waals surface area contributed by atoms with Crippen molar-refractivity contribution < 1.29 is 43.4 Å². The summed E-state index contributed by atoms with van der Waals surface area (Å²) in [6.45, 7) is 0.501. The van der Waals surface area contributed by atoms with Crippen LogP contribution in [0.25, 0.3) is 0 Å². The Kier molecular flexibility index (Phi) is 8.38. The first-order valence-corrected chi connectivity index (χ1v) is 10.7. The van der Waals surface area contributed by atoms with Crippen molar-refractivity contribution in [2.75, 3.05) is 13.7 Å². The molecule has 2 unspecified atom stereocenters. The summed E-state index contributed by atoms with van der Waals surface area (Å²) in [4.78, 5) is 46.3. The third-order valence-electron chi connectivity index (χ3n) is 3.25. The average Bonchev–Trinajstić information content (AvgIpc) is 2.43. The summed E-state index contributed by atoms with van der Waals surface area (Å²) in [6.07, 6.45) is 2.04. The second-order valence-electron chi connectivity index (χ2n) is 5.45. The maximum absolute atomic E-state index is 11.4. The van der Waals surface area contributed by atoms with Gasteiger partial charge in [-0.3, -0.25) is 0 Å². The van der Waals surface area contributed by atoms with Crippen molar-refractivity contribution in [2.24, 2.45) is 0 Å². The standard InChI is InChI=1S/C11H23BN2O8P2/c1-22-12-13-6-10(15)8-14-4-2-3-9(7-14)5-11(23(16,17)18)24(19,20)21/h2-4,7,10-13,15-18,23H,5-6,8H2,1H3,(H-,19,20,21)/p+1. The van der Waals surface area contributed by atoms with Gasteiger partial charge in [0.25, 0.3) is 0 Å². The monoisotopic (exact) mass is 385 g/mol. The van der Waals surface area contributed by atoms with E-state index in [2.05, 4.69) is 5.23 Å². The first-order valence-electron chi connectivity index (χ1n) is 7.12. The molecule has 0 fully saturated rings. The van der Waals surface area contributed by atoms with Gasteiger partial charge in [0.1, 0.15) is 0 Å². The van der Waals surface area contributed by atoms with Crippen molar-refractivity contribution in [3.05, 3.63) is 30.1 Å². The van der Waals surface area contributed by atoms with Gasteiger partial charge in [-0.1, -0.05) is 0 Å². The number of pyridine rings is 1. The van der Waals surface area contributed by atoms with E-state index in [0.29, 0.717) is 13.2 Å². The van der Waals surface area contributed by atoms with Crippen LogP contribution in [0.4, 0.5) is 0 Å². The number of rotatable bonds is 10. The van der Waals surface area contributed by atoms with Crippen LogP contribution in [-0.4, -0.2) is 62.3 Å². The van der Waals surface area contributed by atoms with Crippen LogP contribution in [0.1, 0.15) is 5.56 Å². The molecule has 1 heterocycles. The molecule has 1 aromatic heterocycles. The first-order chi connectivity index (χ1) is 11.0. The van der Waals surface area contributed by atoms with E-state index in [-0.39, 0.29) is 13.1 Å². The van der Waals surface area contributed by atoms with Gasteiger partial charge in [0.2, 0.25) is 0 Å². The van der Waals surface area contributed by atoms with Gasteiger partial charge >= 0.3 is 140 Å². The normalized spacial score (nSPS) is 15.8. The zero-order valence-electron chi connectivity index (χ0n) is 13.2. The molecule has 0 aliphatic heterocycles.